The maximum Gasteiger partial charge on any atom is 0.306 e. The highest BCUT2D eigenvalue weighted by atomic mass is 16.5. The van der Waals surface area contributed by atoms with Crippen LogP contribution in [0.1, 0.15) is 44.6 Å². The SMILES string of the molecule is CC(OC(=O)CC1CCCC1)C(=O)N1CCN(Cc2ccccc2)CC1. The third-order valence-electron chi connectivity index (χ3n) is 5.52. The van der Waals surface area contributed by atoms with Crippen LogP contribution >= 0.6 is 0 Å². The molecule has 1 heterocycles. The molecule has 26 heavy (non-hydrogen) atoms. The summed E-state index contributed by atoms with van der Waals surface area (Å²) in [5.74, 6) is 0.163. The number of rotatable bonds is 6. The highest BCUT2D eigenvalue weighted by Gasteiger charge is 2.28. The van der Waals surface area contributed by atoms with E-state index in [9.17, 15) is 9.59 Å². The predicted molar refractivity (Wildman–Crippen MR) is 100 cm³/mol. The Morgan fingerprint density at radius 2 is 1.73 bits per heavy atom. The van der Waals surface area contributed by atoms with E-state index in [2.05, 4.69) is 29.2 Å². The maximum absolute atomic E-state index is 12.6. The number of nitrogens with zero attached hydrogens (tertiary/aromatic N) is 2. The van der Waals surface area contributed by atoms with E-state index in [-0.39, 0.29) is 11.9 Å². The number of benzene rings is 1. The van der Waals surface area contributed by atoms with Crippen molar-refractivity contribution in [2.24, 2.45) is 5.92 Å². The predicted octanol–water partition coefficient (Wildman–Crippen LogP) is 2.84. The van der Waals surface area contributed by atoms with Crippen molar-refractivity contribution in [3.8, 4) is 0 Å². The van der Waals surface area contributed by atoms with Crippen molar-refractivity contribution in [3.63, 3.8) is 0 Å². The first-order valence-corrected chi connectivity index (χ1v) is 9.86. The van der Waals surface area contributed by atoms with Gasteiger partial charge in [0.05, 0.1) is 0 Å². The maximum atomic E-state index is 12.6. The van der Waals surface area contributed by atoms with Crippen LogP contribution in [-0.4, -0.2) is 54.0 Å². The molecule has 3 rings (SSSR count). The Labute approximate surface area is 156 Å². The fourth-order valence-corrected chi connectivity index (χ4v) is 3.97. The van der Waals surface area contributed by atoms with E-state index in [1.807, 2.05) is 11.0 Å². The number of hydrogen-bond donors (Lipinski definition) is 0. The largest absolute Gasteiger partial charge is 0.453 e. The molecule has 1 atom stereocenters. The van der Waals surface area contributed by atoms with Gasteiger partial charge < -0.3 is 9.64 Å². The molecule has 0 spiro atoms. The van der Waals surface area contributed by atoms with Gasteiger partial charge in [-0.15, -0.1) is 0 Å². The Bertz CT molecular complexity index is 591. The minimum absolute atomic E-state index is 0.0656. The van der Waals surface area contributed by atoms with Crippen LogP contribution in [0.3, 0.4) is 0 Å². The van der Waals surface area contributed by atoms with Gasteiger partial charge >= 0.3 is 5.97 Å². The van der Waals surface area contributed by atoms with Crippen molar-refractivity contribution in [3.05, 3.63) is 35.9 Å². The number of carbonyl (C=O) groups is 2. The standard InChI is InChI=1S/C21H30N2O3/c1-17(26-20(24)15-18-7-5-6-8-18)21(25)23-13-11-22(12-14-23)16-19-9-3-2-4-10-19/h2-4,9-10,17-18H,5-8,11-16H2,1H3. The lowest BCUT2D eigenvalue weighted by molar-refractivity contribution is -0.160. The lowest BCUT2D eigenvalue weighted by Crippen LogP contribution is -2.51. The summed E-state index contributed by atoms with van der Waals surface area (Å²) in [7, 11) is 0. The van der Waals surface area contributed by atoms with Gasteiger partial charge in [-0.1, -0.05) is 43.2 Å². The van der Waals surface area contributed by atoms with Gasteiger partial charge in [-0.2, -0.15) is 0 Å². The molecular weight excluding hydrogens is 328 g/mol. The molecule has 0 bridgehead atoms. The van der Waals surface area contributed by atoms with Crippen LogP contribution in [-0.2, 0) is 20.9 Å². The first kappa shape index (κ1) is 18.9. The zero-order valence-corrected chi connectivity index (χ0v) is 15.7. The molecule has 2 fully saturated rings. The van der Waals surface area contributed by atoms with Crippen LogP contribution in [0.25, 0.3) is 0 Å². The van der Waals surface area contributed by atoms with Gasteiger partial charge in [0.15, 0.2) is 6.10 Å². The number of carbonyl (C=O) groups excluding carboxylic acids is 2. The van der Waals surface area contributed by atoms with E-state index >= 15 is 0 Å². The van der Waals surface area contributed by atoms with E-state index in [0.29, 0.717) is 25.4 Å². The average Bonchev–Trinajstić information content (AvgIpc) is 3.15. The summed E-state index contributed by atoms with van der Waals surface area (Å²) in [5.41, 5.74) is 1.29. The molecule has 5 nitrogen and oxygen atoms in total. The average molecular weight is 358 g/mol. The lowest BCUT2D eigenvalue weighted by Gasteiger charge is -2.35. The summed E-state index contributed by atoms with van der Waals surface area (Å²) < 4.78 is 5.41. The molecule has 0 aromatic heterocycles. The molecule has 1 aromatic carbocycles. The van der Waals surface area contributed by atoms with Crippen molar-refractivity contribution >= 4 is 11.9 Å². The number of esters is 1. The Kier molecular flexibility index (Phi) is 6.67. The van der Waals surface area contributed by atoms with Gasteiger partial charge in [0.1, 0.15) is 0 Å². The molecule has 1 amide bonds. The van der Waals surface area contributed by atoms with Gasteiger partial charge in [0, 0.05) is 39.1 Å². The summed E-state index contributed by atoms with van der Waals surface area (Å²) in [6.45, 7) is 5.69. The zero-order chi connectivity index (χ0) is 18.4. The first-order chi connectivity index (χ1) is 12.6. The molecule has 1 saturated heterocycles. The van der Waals surface area contributed by atoms with Crippen molar-refractivity contribution in [1.29, 1.82) is 0 Å². The molecule has 142 valence electrons. The summed E-state index contributed by atoms with van der Waals surface area (Å²) >= 11 is 0. The number of ether oxygens (including phenoxy) is 1. The lowest BCUT2D eigenvalue weighted by atomic mass is 10.0. The fourth-order valence-electron chi connectivity index (χ4n) is 3.97. The minimum atomic E-state index is -0.676. The normalized spacial score (nSPS) is 20.1. The van der Waals surface area contributed by atoms with Gasteiger partial charge in [0.25, 0.3) is 5.91 Å². The summed E-state index contributed by atoms with van der Waals surface area (Å²) in [6.07, 6.45) is 4.42. The second-order valence-electron chi connectivity index (χ2n) is 7.57. The minimum Gasteiger partial charge on any atom is -0.453 e. The second kappa shape index (κ2) is 9.17. The van der Waals surface area contributed by atoms with E-state index in [0.717, 1.165) is 32.5 Å². The highest BCUT2D eigenvalue weighted by molar-refractivity contribution is 5.83. The molecule has 1 unspecified atom stereocenters. The third-order valence-corrected chi connectivity index (χ3v) is 5.52. The fraction of sp³-hybridized carbons (Fsp3) is 0.619. The molecule has 1 aromatic rings. The number of amides is 1. The van der Waals surface area contributed by atoms with E-state index in [1.54, 1.807) is 6.92 Å². The molecule has 2 aliphatic rings. The van der Waals surface area contributed by atoms with Gasteiger partial charge in [-0.25, -0.2) is 0 Å². The third kappa shape index (κ3) is 5.31. The number of piperazine rings is 1. The summed E-state index contributed by atoms with van der Waals surface area (Å²) in [6, 6.07) is 10.4. The Hall–Kier alpha value is -1.88. The van der Waals surface area contributed by atoms with Crippen molar-refractivity contribution in [1.82, 2.24) is 9.80 Å². The van der Waals surface area contributed by atoms with Crippen LogP contribution in [0.4, 0.5) is 0 Å². The van der Waals surface area contributed by atoms with Crippen LogP contribution in [0.2, 0.25) is 0 Å². The van der Waals surface area contributed by atoms with Crippen molar-refractivity contribution < 1.29 is 14.3 Å². The molecule has 0 radical (unpaired) electrons. The Morgan fingerprint density at radius 3 is 2.38 bits per heavy atom. The molecule has 1 aliphatic heterocycles. The monoisotopic (exact) mass is 358 g/mol. The molecular formula is C21H30N2O3. The smallest absolute Gasteiger partial charge is 0.306 e. The van der Waals surface area contributed by atoms with Gasteiger partial charge in [0.2, 0.25) is 0 Å². The van der Waals surface area contributed by atoms with E-state index in [4.69, 9.17) is 4.74 Å². The zero-order valence-electron chi connectivity index (χ0n) is 15.7. The summed E-state index contributed by atoms with van der Waals surface area (Å²) in [4.78, 5) is 28.8. The van der Waals surface area contributed by atoms with Crippen molar-refractivity contribution in [2.45, 2.75) is 51.7 Å². The Morgan fingerprint density at radius 1 is 1.08 bits per heavy atom. The molecule has 5 heteroatoms. The molecule has 1 aliphatic carbocycles. The van der Waals surface area contributed by atoms with Crippen LogP contribution in [0.15, 0.2) is 30.3 Å². The highest BCUT2D eigenvalue weighted by Crippen LogP contribution is 2.27. The van der Waals surface area contributed by atoms with Crippen LogP contribution in [0.5, 0.6) is 0 Å². The molecule has 0 N–H and O–H groups in total. The van der Waals surface area contributed by atoms with E-state index < -0.39 is 6.10 Å². The van der Waals surface area contributed by atoms with Crippen LogP contribution in [0, 0.1) is 5.92 Å². The van der Waals surface area contributed by atoms with Crippen molar-refractivity contribution in [2.75, 3.05) is 26.2 Å². The summed E-state index contributed by atoms with van der Waals surface area (Å²) in [5, 5.41) is 0. The topological polar surface area (TPSA) is 49.9 Å². The van der Waals surface area contributed by atoms with Gasteiger partial charge in [-0.05, 0) is 31.2 Å². The molecule has 1 saturated carbocycles. The first-order valence-electron chi connectivity index (χ1n) is 9.86. The van der Waals surface area contributed by atoms with Crippen LogP contribution < -0.4 is 0 Å². The van der Waals surface area contributed by atoms with Gasteiger partial charge in [-0.3, -0.25) is 14.5 Å². The second-order valence-corrected chi connectivity index (χ2v) is 7.57. The Balaban J connectivity index is 1.40. The quantitative estimate of drug-likeness (QED) is 0.734. The number of hydrogen-bond acceptors (Lipinski definition) is 4. The van der Waals surface area contributed by atoms with E-state index in [1.165, 1.54) is 18.4 Å².